The third kappa shape index (κ3) is 3.20. The molecule has 1 N–H and O–H groups in total. The molecule has 0 bridgehead atoms. The summed E-state index contributed by atoms with van der Waals surface area (Å²) in [5.41, 5.74) is 2.07. The summed E-state index contributed by atoms with van der Waals surface area (Å²) < 4.78 is 0.990. The molecule has 19 heavy (non-hydrogen) atoms. The van der Waals surface area contributed by atoms with Gasteiger partial charge in [0.25, 0.3) is 0 Å². The highest BCUT2D eigenvalue weighted by Gasteiger charge is 2.05. The van der Waals surface area contributed by atoms with Crippen molar-refractivity contribution < 1.29 is 0 Å². The van der Waals surface area contributed by atoms with E-state index in [1.54, 1.807) is 13.1 Å². The summed E-state index contributed by atoms with van der Waals surface area (Å²) >= 11 is 3.43. The first kappa shape index (κ1) is 13.3. The van der Waals surface area contributed by atoms with Crippen LogP contribution in [0.2, 0.25) is 0 Å². The minimum absolute atomic E-state index is 0.549. The van der Waals surface area contributed by atoms with E-state index >= 15 is 0 Å². The van der Waals surface area contributed by atoms with Crippen LogP contribution in [-0.2, 0) is 0 Å². The summed E-state index contributed by atoms with van der Waals surface area (Å²) in [6.45, 7) is 2.01. The first-order valence-electron chi connectivity index (χ1n) is 5.59. The summed E-state index contributed by atoms with van der Waals surface area (Å²) in [5.74, 6) is 1.20. The molecule has 0 spiro atoms. The van der Waals surface area contributed by atoms with Crippen LogP contribution in [0.5, 0.6) is 0 Å². The quantitative estimate of drug-likeness (QED) is 0.695. The minimum Gasteiger partial charge on any atom is -0.340 e. The molecule has 1 aromatic heterocycles. The average molecular weight is 318 g/mol. The largest absolute Gasteiger partial charge is 0.340 e. The zero-order chi connectivity index (χ0) is 13.8. The van der Waals surface area contributed by atoms with Crippen molar-refractivity contribution in [2.75, 3.05) is 17.3 Å². The maximum atomic E-state index is 8.84. The van der Waals surface area contributed by atoms with E-state index in [2.05, 4.69) is 31.2 Å². The molecule has 5 nitrogen and oxygen atoms in total. The maximum Gasteiger partial charge on any atom is 0.185 e. The van der Waals surface area contributed by atoms with Crippen molar-refractivity contribution in [2.45, 2.75) is 6.92 Å². The van der Waals surface area contributed by atoms with Crippen molar-refractivity contribution >= 4 is 33.3 Å². The minimum atomic E-state index is 0.549. The molecule has 0 saturated heterocycles. The van der Waals surface area contributed by atoms with E-state index in [0.29, 0.717) is 11.6 Å². The Balaban J connectivity index is 2.29. The predicted octanol–water partition coefficient (Wildman–Crippen LogP) is 3.21. The van der Waals surface area contributed by atoms with Gasteiger partial charge in [-0.1, -0.05) is 22.0 Å². The fourth-order valence-electron chi connectivity index (χ4n) is 1.52. The number of aromatic nitrogens is 2. The molecule has 0 fully saturated rings. The summed E-state index contributed by atoms with van der Waals surface area (Å²) in [7, 11) is 1.65. The fourth-order valence-corrected chi connectivity index (χ4v) is 1.88. The van der Waals surface area contributed by atoms with Crippen molar-refractivity contribution in [3.63, 3.8) is 0 Å². The molecule has 0 atom stereocenters. The number of aryl methyl sites for hydroxylation is 1. The first-order chi connectivity index (χ1) is 9.10. The zero-order valence-electron chi connectivity index (χ0n) is 10.6. The summed E-state index contributed by atoms with van der Waals surface area (Å²) in [6, 6.07) is 7.69. The van der Waals surface area contributed by atoms with Crippen LogP contribution >= 0.6 is 15.9 Å². The molecule has 0 aliphatic carbocycles. The van der Waals surface area contributed by atoms with Gasteiger partial charge in [-0.2, -0.15) is 5.26 Å². The van der Waals surface area contributed by atoms with Crippen molar-refractivity contribution in [1.29, 1.82) is 5.26 Å². The van der Waals surface area contributed by atoms with Crippen molar-refractivity contribution in [2.24, 2.45) is 0 Å². The number of nitrogens with zero attached hydrogens (tertiary/aromatic N) is 4. The number of nitrogens with one attached hydrogen (secondary N) is 1. The van der Waals surface area contributed by atoms with Gasteiger partial charge < -0.3 is 5.32 Å². The van der Waals surface area contributed by atoms with E-state index in [1.165, 1.54) is 11.2 Å². The van der Waals surface area contributed by atoms with Crippen LogP contribution < -0.4 is 10.2 Å². The van der Waals surface area contributed by atoms with E-state index in [4.69, 9.17) is 5.26 Å². The number of rotatable bonds is 3. The van der Waals surface area contributed by atoms with Gasteiger partial charge in [-0.3, -0.25) is 4.90 Å². The van der Waals surface area contributed by atoms with Crippen LogP contribution in [0.25, 0.3) is 0 Å². The normalized spacial score (nSPS) is 9.79. The van der Waals surface area contributed by atoms with Gasteiger partial charge in [-0.25, -0.2) is 9.97 Å². The Labute approximate surface area is 120 Å². The number of hydrogen-bond donors (Lipinski definition) is 1. The van der Waals surface area contributed by atoms with E-state index in [1.807, 2.05) is 31.3 Å². The van der Waals surface area contributed by atoms with E-state index in [9.17, 15) is 0 Å². The van der Waals surface area contributed by atoms with Crippen molar-refractivity contribution in [1.82, 2.24) is 9.97 Å². The molecule has 0 aliphatic heterocycles. The first-order valence-corrected chi connectivity index (χ1v) is 6.38. The van der Waals surface area contributed by atoms with Crippen LogP contribution in [-0.4, -0.2) is 17.0 Å². The number of halogens is 1. The average Bonchev–Trinajstić information content (AvgIpc) is 2.42. The lowest BCUT2D eigenvalue weighted by Crippen LogP contribution is -2.10. The molecular weight excluding hydrogens is 306 g/mol. The highest BCUT2D eigenvalue weighted by atomic mass is 79.9. The molecule has 0 aliphatic rings. The Morgan fingerprint density at radius 3 is 2.84 bits per heavy atom. The fraction of sp³-hybridized carbons (Fsp3) is 0.154. The van der Waals surface area contributed by atoms with Gasteiger partial charge in [0.2, 0.25) is 0 Å². The molecule has 0 unspecified atom stereocenters. The lowest BCUT2D eigenvalue weighted by molar-refractivity contribution is 1.08. The molecule has 0 radical (unpaired) electrons. The Morgan fingerprint density at radius 2 is 2.11 bits per heavy atom. The van der Waals surface area contributed by atoms with E-state index in [-0.39, 0.29) is 0 Å². The van der Waals surface area contributed by atoms with Crippen LogP contribution in [0.15, 0.2) is 35.1 Å². The number of anilines is 3. The second-order valence-corrected chi connectivity index (χ2v) is 4.92. The highest BCUT2D eigenvalue weighted by Crippen LogP contribution is 2.24. The summed E-state index contributed by atoms with van der Waals surface area (Å²) in [5, 5.41) is 12.1. The van der Waals surface area contributed by atoms with Gasteiger partial charge in [0.1, 0.15) is 18.0 Å². The second-order valence-electron chi connectivity index (χ2n) is 4.00. The third-order valence-electron chi connectivity index (χ3n) is 2.61. The van der Waals surface area contributed by atoms with Crippen LogP contribution in [0.1, 0.15) is 5.56 Å². The van der Waals surface area contributed by atoms with Gasteiger partial charge in [0.15, 0.2) is 6.19 Å². The molecular formula is C13H12BrN5. The lowest BCUT2D eigenvalue weighted by atomic mass is 10.2. The SMILES string of the molecule is Cc1ccc(Br)cc1Nc1cc(N(C)C#N)ncn1. The summed E-state index contributed by atoms with van der Waals surface area (Å²) in [4.78, 5) is 9.56. The third-order valence-corrected chi connectivity index (χ3v) is 3.10. The second kappa shape index (κ2) is 5.67. The van der Waals surface area contributed by atoms with Gasteiger partial charge >= 0.3 is 0 Å². The monoisotopic (exact) mass is 317 g/mol. The maximum absolute atomic E-state index is 8.84. The van der Waals surface area contributed by atoms with Crippen LogP contribution in [0.3, 0.4) is 0 Å². The Hall–Kier alpha value is -2.13. The molecule has 0 amide bonds. The Kier molecular flexibility index (Phi) is 3.97. The molecule has 1 heterocycles. The molecule has 0 saturated carbocycles. The smallest absolute Gasteiger partial charge is 0.185 e. The van der Waals surface area contributed by atoms with Crippen molar-refractivity contribution in [3.05, 3.63) is 40.6 Å². The summed E-state index contributed by atoms with van der Waals surface area (Å²) in [6.07, 6.45) is 3.43. The molecule has 6 heteroatoms. The van der Waals surface area contributed by atoms with Gasteiger partial charge in [0.05, 0.1) is 0 Å². The van der Waals surface area contributed by atoms with Crippen molar-refractivity contribution in [3.8, 4) is 6.19 Å². The molecule has 96 valence electrons. The molecule has 2 rings (SSSR count). The number of benzene rings is 1. The molecule has 1 aromatic carbocycles. The predicted molar refractivity (Wildman–Crippen MR) is 78.2 cm³/mol. The standard InChI is InChI=1S/C13H12BrN5/c1-9-3-4-10(14)5-11(9)18-12-6-13(17-8-16-12)19(2)7-15/h3-6,8H,1-2H3,(H,16,17,18). The number of nitriles is 1. The van der Waals surface area contributed by atoms with E-state index < -0.39 is 0 Å². The zero-order valence-corrected chi connectivity index (χ0v) is 12.1. The van der Waals surface area contributed by atoms with E-state index in [0.717, 1.165) is 15.7 Å². The van der Waals surface area contributed by atoms with Gasteiger partial charge in [-0.05, 0) is 24.6 Å². The Bertz CT molecular complexity index is 635. The van der Waals surface area contributed by atoms with Crippen LogP contribution in [0, 0.1) is 18.4 Å². The Morgan fingerprint density at radius 1 is 1.32 bits per heavy atom. The lowest BCUT2D eigenvalue weighted by Gasteiger charge is -2.11. The van der Waals surface area contributed by atoms with Gasteiger partial charge in [-0.15, -0.1) is 0 Å². The highest BCUT2D eigenvalue weighted by molar-refractivity contribution is 9.10. The van der Waals surface area contributed by atoms with Gasteiger partial charge in [0, 0.05) is 23.3 Å². The topological polar surface area (TPSA) is 64.8 Å². The number of hydrogen-bond acceptors (Lipinski definition) is 5. The van der Waals surface area contributed by atoms with Crippen LogP contribution in [0.4, 0.5) is 17.3 Å². The molecule has 2 aromatic rings.